The van der Waals surface area contributed by atoms with Crippen LogP contribution in [0.4, 0.5) is 18.9 Å². The van der Waals surface area contributed by atoms with E-state index in [1.54, 1.807) is 12.1 Å². The first-order valence-electron chi connectivity index (χ1n) is 14.6. The predicted molar refractivity (Wildman–Crippen MR) is 161 cm³/mol. The zero-order valence-electron chi connectivity index (χ0n) is 26.1. The highest BCUT2D eigenvalue weighted by molar-refractivity contribution is 6.15. The molecule has 5 rings (SSSR count). The van der Waals surface area contributed by atoms with Crippen molar-refractivity contribution in [3.8, 4) is 11.6 Å². The Hall–Kier alpha value is -3.87. The molecule has 242 valence electrons. The van der Waals surface area contributed by atoms with Crippen LogP contribution >= 0.6 is 0 Å². The lowest BCUT2D eigenvalue weighted by atomic mass is 9.78. The monoisotopic (exact) mass is 621 g/mol. The van der Waals surface area contributed by atoms with Crippen molar-refractivity contribution in [2.75, 3.05) is 32.8 Å². The van der Waals surface area contributed by atoms with Crippen LogP contribution in [0.2, 0.25) is 0 Å². The highest BCUT2D eigenvalue weighted by atomic mass is 19.4. The molecule has 0 bridgehead atoms. The Balaban J connectivity index is 0.000000339. The number of fused-ring (bicyclic) bond motifs is 1. The largest absolute Gasteiger partial charge is 0.496 e. The van der Waals surface area contributed by atoms with Gasteiger partial charge in [-0.2, -0.15) is 13.2 Å². The standard InChI is InChI=1S/C22H25N5O4.C8H16O.CHF3/c1-12-24-14-6-7-16(30-3)18(19(14)25-12)21(29)26-15-11-23-17(31-4)10-13(15)20(28)27-22(2)8-5-9-22;1-3-8-4-7(2)5-9-6-8;2-1(3)4/h6-7,10-11H,5,8-9H2,1-4H3,(H,24,25)(H,26,29)(H,27,28);7-8H,3-6H2,1-2H3;1H. The molecule has 1 aliphatic carbocycles. The Morgan fingerprint density at radius 1 is 1.16 bits per heavy atom. The van der Waals surface area contributed by atoms with Crippen LogP contribution in [0, 0.1) is 18.8 Å². The lowest BCUT2D eigenvalue weighted by Crippen LogP contribution is -2.51. The summed E-state index contributed by atoms with van der Waals surface area (Å²) in [5.74, 6) is 2.23. The number of nitrogens with zero attached hydrogens (tertiary/aromatic N) is 2. The SMILES string of the molecule is CCC1COCC(C)C1.COc1cc(C(=O)NC2(C)CCC2)c(NC(=O)c2c(OC)ccc3[nH]c(C)nc23)cn1.FC(F)F. The number of amides is 2. The van der Waals surface area contributed by atoms with Gasteiger partial charge in [-0.3, -0.25) is 9.59 Å². The molecule has 1 saturated heterocycles. The van der Waals surface area contributed by atoms with Crippen LogP contribution in [0.5, 0.6) is 11.6 Å². The summed E-state index contributed by atoms with van der Waals surface area (Å²) in [4.78, 5) is 38.0. The molecule has 3 heterocycles. The van der Waals surface area contributed by atoms with Crippen LogP contribution in [-0.2, 0) is 4.74 Å². The third-order valence-corrected chi connectivity index (χ3v) is 7.70. The first kappa shape index (κ1) is 34.6. The molecule has 1 saturated carbocycles. The second-order valence-corrected chi connectivity index (χ2v) is 11.4. The topological polar surface area (TPSA) is 127 Å². The van der Waals surface area contributed by atoms with Gasteiger partial charge in [-0.05, 0) is 63.5 Å². The average Bonchev–Trinajstić information content (AvgIpc) is 3.35. The van der Waals surface area contributed by atoms with E-state index >= 15 is 0 Å². The molecule has 2 unspecified atom stereocenters. The first-order valence-corrected chi connectivity index (χ1v) is 14.6. The van der Waals surface area contributed by atoms with Gasteiger partial charge in [0.15, 0.2) is 0 Å². The molecule has 10 nitrogen and oxygen atoms in total. The number of imidazole rings is 1. The van der Waals surface area contributed by atoms with Crippen LogP contribution in [-0.4, -0.2) is 66.4 Å². The van der Waals surface area contributed by atoms with E-state index in [0.29, 0.717) is 22.6 Å². The maximum atomic E-state index is 13.3. The van der Waals surface area contributed by atoms with Crippen LogP contribution in [0.3, 0.4) is 0 Å². The number of aromatic nitrogens is 3. The normalized spacial score (nSPS) is 18.6. The van der Waals surface area contributed by atoms with Gasteiger partial charge in [0.25, 0.3) is 11.8 Å². The fourth-order valence-electron chi connectivity index (χ4n) is 5.19. The van der Waals surface area contributed by atoms with Gasteiger partial charge in [0.1, 0.15) is 22.7 Å². The molecule has 2 aliphatic rings. The van der Waals surface area contributed by atoms with Crippen molar-refractivity contribution in [2.45, 2.75) is 72.0 Å². The molecule has 2 aromatic heterocycles. The van der Waals surface area contributed by atoms with E-state index in [1.807, 2.05) is 13.8 Å². The molecule has 3 N–H and O–H groups in total. The Labute approximate surface area is 255 Å². The molecule has 2 amide bonds. The average molecular weight is 622 g/mol. The number of aromatic amines is 1. The summed E-state index contributed by atoms with van der Waals surface area (Å²) < 4.78 is 45.0. The number of nitrogens with one attached hydrogen (secondary N) is 3. The minimum Gasteiger partial charge on any atom is -0.496 e. The minimum absolute atomic E-state index is 0.240. The lowest BCUT2D eigenvalue weighted by molar-refractivity contribution is 0.00817. The number of H-pyrrole nitrogens is 1. The van der Waals surface area contributed by atoms with E-state index in [2.05, 4.69) is 39.4 Å². The molecular weight excluding hydrogens is 579 g/mol. The molecular formula is C31H42F3N5O5. The van der Waals surface area contributed by atoms with E-state index in [1.165, 1.54) is 39.3 Å². The second kappa shape index (κ2) is 15.7. The van der Waals surface area contributed by atoms with Crippen molar-refractivity contribution in [3.05, 3.63) is 41.3 Å². The third-order valence-electron chi connectivity index (χ3n) is 7.70. The third kappa shape index (κ3) is 9.31. The van der Waals surface area contributed by atoms with Crippen molar-refractivity contribution < 1.29 is 37.0 Å². The first-order chi connectivity index (χ1) is 20.9. The molecule has 1 aliphatic heterocycles. The number of rotatable bonds is 7. The second-order valence-electron chi connectivity index (χ2n) is 11.4. The number of ether oxygens (including phenoxy) is 3. The van der Waals surface area contributed by atoms with E-state index in [0.717, 1.165) is 44.3 Å². The van der Waals surface area contributed by atoms with Crippen LogP contribution in [0.25, 0.3) is 11.0 Å². The van der Waals surface area contributed by atoms with Gasteiger partial charge in [-0.15, -0.1) is 0 Å². The van der Waals surface area contributed by atoms with E-state index in [4.69, 9.17) is 14.2 Å². The van der Waals surface area contributed by atoms with Gasteiger partial charge in [-0.1, -0.05) is 20.3 Å². The summed E-state index contributed by atoms with van der Waals surface area (Å²) in [7, 11) is 2.96. The highest BCUT2D eigenvalue weighted by Gasteiger charge is 2.34. The number of hydrogen-bond acceptors (Lipinski definition) is 7. The zero-order chi connectivity index (χ0) is 32.4. The predicted octanol–water partition coefficient (Wildman–Crippen LogP) is 6.46. The van der Waals surface area contributed by atoms with Crippen LogP contribution in [0.1, 0.15) is 79.4 Å². The molecule has 2 atom stereocenters. The van der Waals surface area contributed by atoms with Crippen LogP contribution in [0.15, 0.2) is 24.4 Å². The van der Waals surface area contributed by atoms with Gasteiger partial charge < -0.3 is 29.8 Å². The number of carbonyl (C=O) groups is 2. The smallest absolute Gasteiger partial charge is 0.379 e. The highest BCUT2D eigenvalue weighted by Crippen LogP contribution is 2.33. The quantitative estimate of drug-likeness (QED) is 0.277. The fraction of sp³-hybridized carbons (Fsp3) is 0.548. The van der Waals surface area contributed by atoms with E-state index in [-0.39, 0.29) is 34.1 Å². The summed E-state index contributed by atoms with van der Waals surface area (Å²) >= 11 is 0. The molecule has 0 radical (unpaired) electrons. The van der Waals surface area contributed by atoms with Gasteiger partial charge >= 0.3 is 6.68 Å². The lowest BCUT2D eigenvalue weighted by Gasteiger charge is -2.39. The molecule has 2 fully saturated rings. The Kier molecular flexibility index (Phi) is 12.4. The zero-order valence-corrected chi connectivity index (χ0v) is 26.1. The Morgan fingerprint density at radius 2 is 1.86 bits per heavy atom. The van der Waals surface area contributed by atoms with Gasteiger partial charge in [0.2, 0.25) is 5.88 Å². The molecule has 44 heavy (non-hydrogen) atoms. The summed E-state index contributed by atoms with van der Waals surface area (Å²) in [6.07, 6.45) is 6.98. The number of carbonyl (C=O) groups excluding carboxylic acids is 2. The molecule has 1 aromatic carbocycles. The number of anilines is 1. The van der Waals surface area contributed by atoms with Crippen molar-refractivity contribution in [1.82, 2.24) is 20.3 Å². The van der Waals surface area contributed by atoms with E-state index in [9.17, 15) is 22.8 Å². The number of benzene rings is 1. The maximum absolute atomic E-state index is 13.3. The number of alkyl halides is 3. The summed E-state index contributed by atoms with van der Waals surface area (Å²) in [5.41, 5.74) is 1.79. The van der Waals surface area contributed by atoms with Gasteiger partial charge in [0, 0.05) is 24.8 Å². The molecule has 3 aromatic rings. The van der Waals surface area contributed by atoms with Crippen molar-refractivity contribution >= 4 is 28.5 Å². The summed E-state index contributed by atoms with van der Waals surface area (Å²) in [5, 5.41) is 5.86. The fourth-order valence-corrected chi connectivity index (χ4v) is 5.19. The van der Waals surface area contributed by atoms with Crippen molar-refractivity contribution in [1.29, 1.82) is 0 Å². The Morgan fingerprint density at radius 3 is 2.41 bits per heavy atom. The van der Waals surface area contributed by atoms with Gasteiger partial charge in [0.05, 0.1) is 37.2 Å². The van der Waals surface area contributed by atoms with Crippen molar-refractivity contribution in [2.24, 2.45) is 11.8 Å². The number of aryl methyl sites for hydroxylation is 1. The number of halogens is 3. The summed E-state index contributed by atoms with van der Waals surface area (Å²) in [6.45, 7) is 6.65. The number of pyridine rings is 1. The maximum Gasteiger partial charge on any atom is 0.379 e. The minimum atomic E-state index is -3.67. The molecule has 13 heteroatoms. The Bertz CT molecular complexity index is 1410. The molecule has 0 spiro atoms. The van der Waals surface area contributed by atoms with E-state index < -0.39 is 12.6 Å². The number of hydrogen-bond donors (Lipinski definition) is 3. The number of methoxy groups -OCH3 is 2. The summed E-state index contributed by atoms with van der Waals surface area (Å²) in [6, 6.07) is 5.02. The van der Waals surface area contributed by atoms with Crippen LogP contribution < -0.4 is 20.1 Å². The van der Waals surface area contributed by atoms with Gasteiger partial charge in [-0.25, -0.2) is 9.97 Å². The van der Waals surface area contributed by atoms with Crippen molar-refractivity contribution in [3.63, 3.8) is 0 Å².